The number of ether oxygens (including phenoxy) is 1. The number of nitrogens with zero attached hydrogens (tertiary/aromatic N) is 2. The average molecular weight is 287 g/mol. The molecule has 21 heavy (non-hydrogen) atoms. The summed E-state index contributed by atoms with van der Waals surface area (Å²) in [4.78, 5) is 2.52. The van der Waals surface area contributed by atoms with E-state index in [-0.39, 0.29) is 0 Å². The molecule has 2 rings (SSSR count). The van der Waals surface area contributed by atoms with Crippen LogP contribution in [0.5, 0.6) is 5.75 Å². The molecule has 1 aromatic rings. The van der Waals surface area contributed by atoms with Gasteiger partial charge in [0.05, 0.1) is 24.4 Å². The van der Waals surface area contributed by atoms with Gasteiger partial charge in [-0.3, -0.25) is 0 Å². The molecule has 1 aliphatic heterocycles. The minimum atomic E-state index is 0.390. The van der Waals surface area contributed by atoms with Crippen LogP contribution >= 0.6 is 0 Å². The van der Waals surface area contributed by atoms with Crippen LogP contribution in [-0.2, 0) is 0 Å². The lowest BCUT2D eigenvalue weighted by Crippen LogP contribution is -2.41. The first-order chi connectivity index (χ1) is 10.2. The Morgan fingerprint density at radius 2 is 2.33 bits per heavy atom. The third-order valence-electron chi connectivity index (χ3n) is 4.41. The van der Waals surface area contributed by atoms with Gasteiger partial charge in [-0.25, -0.2) is 0 Å². The zero-order chi connectivity index (χ0) is 15.2. The molecule has 1 N–H and O–H groups in total. The van der Waals surface area contributed by atoms with E-state index in [1.165, 1.54) is 19.4 Å². The van der Waals surface area contributed by atoms with Gasteiger partial charge in [-0.1, -0.05) is 6.92 Å². The Balaban J connectivity index is 2.05. The van der Waals surface area contributed by atoms with Crippen LogP contribution in [0, 0.1) is 17.2 Å². The fourth-order valence-corrected chi connectivity index (χ4v) is 3.03. The van der Waals surface area contributed by atoms with E-state index in [0.717, 1.165) is 24.5 Å². The minimum absolute atomic E-state index is 0.390. The molecule has 1 saturated heterocycles. The van der Waals surface area contributed by atoms with Crippen molar-refractivity contribution in [1.82, 2.24) is 4.90 Å². The number of hydrogen-bond acceptors (Lipinski definition) is 4. The first-order valence-electron chi connectivity index (χ1n) is 7.75. The third kappa shape index (κ3) is 3.89. The van der Waals surface area contributed by atoms with Gasteiger partial charge in [-0.05, 0) is 50.9 Å². The molecule has 2 unspecified atom stereocenters. The molecule has 0 spiro atoms. The highest BCUT2D eigenvalue weighted by Crippen LogP contribution is 2.29. The van der Waals surface area contributed by atoms with Crippen molar-refractivity contribution in [2.75, 3.05) is 32.1 Å². The van der Waals surface area contributed by atoms with E-state index >= 15 is 0 Å². The number of methoxy groups -OCH3 is 1. The Bertz CT molecular complexity index is 509. The summed E-state index contributed by atoms with van der Waals surface area (Å²) >= 11 is 0. The Hall–Kier alpha value is -1.73. The molecule has 2 atom stereocenters. The van der Waals surface area contributed by atoms with Crippen LogP contribution in [0.15, 0.2) is 18.2 Å². The molecular weight excluding hydrogens is 262 g/mol. The van der Waals surface area contributed by atoms with E-state index in [4.69, 9.17) is 10.00 Å². The summed E-state index contributed by atoms with van der Waals surface area (Å²) in [5, 5.41) is 12.5. The molecule has 1 heterocycles. The lowest BCUT2D eigenvalue weighted by molar-refractivity contribution is 0.172. The molecule has 4 nitrogen and oxygen atoms in total. The SMILES string of the molecule is CCN1CCCC(C(C)Nc2ccc(C#N)cc2OC)C1. The Morgan fingerprint density at radius 3 is 3.00 bits per heavy atom. The molecule has 0 aliphatic carbocycles. The van der Waals surface area contributed by atoms with Gasteiger partial charge in [0.2, 0.25) is 0 Å². The minimum Gasteiger partial charge on any atom is -0.495 e. The molecular formula is C17H25N3O. The summed E-state index contributed by atoms with van der Waals surface area (Å²) in [5.74, 6) is 1.39. The summed E-state index contributed by atoms with van der Waals surface area (Å²) < 4.78 is 5.39. The number of nitriles is 1. The van der Waals surface area contributed by atoms with E-state index in [2.05, 4.69) is 30.1 Å². The summed E-state index contributed by atoms with van der Waals surface area (Å²) in [6, 6.07) is 8.09. The van der Waals surface area contributed by atoms with Crippen LogP contribution in [0.4, 0.5) is 5.69 Å². The molecule has 0 aromatic heterocycles. The second-order valence-corrected chi connectivity index (χ2v) is 5.76. The van der Waals surface area contributed by atoms with Crippen LogP contribution in [-0.4, -0.2) is 37.7 Å². The summed E-state index contributed by atoms with van der Waals surface area (Å²) in [6.45, 7) is 7.97. The summed E-state index contributed by atoms with van der Waals surface area (Å²) in [5.41, 5.74) is 1.59. The zero-order valence-electron chi connectivity index (χ0n) is 13.2. The maximum atomic E-state index is 8.96. The molecule has 0 amide bonds. The van der Waals surface area contributed by atoms with Gasteiger partial charge in [0, 0.05) is 18.7 Å². The maximum Gasteiger partial charge on any atom is 0.143 e. The van der Waals surface area contributed by atoms with Crippen LogP contribution in [0.1, 0.15) is 32.3 Å². The van der Waals surface area contributed by atoms with Crippen molar-refractivity contribution in [2.45, 2.75) is 32.7 Å². The van der Waals surface area contributed by atoms with Crippen molar-refractivity contribution < 1.29 is 4.74 Å². The van der Waals surface area contributed by atoms with Crippen LogP contribution in [0.25, 0.3) is 0 Å². The van der Waals surface area contributed by atoms with Crippen LogP contribution < -0.4 is 10.1 Å². The normalized spacial score (nSPS) is 20.6. The second kappa shape index (κ2) is 7.33. The number of rotatable bonds is 5. The number of hydrogen-bond donors (Lipinski definition) is 1. The quantitative estimate of drug-likeness (QED) is 0.904. The van der Waals surface area contributed by atoms with Gasteiger partial charge in [-0.2, -0.15) is 5.26 Å². The first kappa shape index (κ1) is 15.7. The van der Waals surface area contributed by atoms with Crippen molar-refractivity contribution in [3.05, 3.63) is 23.8 Å². The lowest BCUT2D eigenvalue weighted by Gasteiger charge is -2.36. The monoisotopic (exact) mass is 287 g/mol. The van der Waals surface area contributed by atoms with E-state index in [9.17, 15) is 0 Å². The van der Waals surface area contributed by atoms with Gasteiger partial charge in [0.1, 0.15) is 5.75 Å². The van der Waals surface area contributed by atoms with E-state index in [1.807, 2.05) is 12.1 Å². The molecule has 1 aliphatic rings. The topological polar surface area (TPSA) is 48.3 Å². The van der Waals surface area contributed by atoms with Crippen molar-refractivity contribution in [2.24, 2.45) is 5.92 Å². The summed E-state index contributed by atoms with van der Waals surface area (Å²) in [7, 11) is 1.64. The number of likely N-dealkylation sites (tertiary alicyclic amines) is 1. The number of piperidine rings is 1. The van der Waals surface area contributed by atoms with Gasteiger partial charge < -0.3 is 15.0 Å². The van der Waals surface area contributed by atoms with Gasteiger partial charge in [-0.15, -0.1) is 0 Å². The van der Waals surface area contributed by atoms with Crippen molar-refractivity contribution in [3.63, 3.8) is 0 Å². The Morgan fingerprint density at radius 1 is 1.52 bits per heavy atom. The lowest BCUT2D eigenvalue weighted by atomic mass is 9.91. The van der Waals surface area contributed by atoms with Crippen LogP contribution in [0.2, 0.25) is 0 Å². The third-order valence-corrected chi connectivity index (χ3v) is 4.41. The predicted octanol–water partition coefficient (Wildman–Crippen LogP) is 3.10. The maximum absolute atomic E-state index is 8.96. The van der Waals surface area contributed by atoms with E-state index in [1.54, 1.807) is 13.2 Å². The highest BCUT2D eigenvalue weighted by molar-refractivity contribution is 5.59. The molecule has 4 heteroatoms. The van der Waals surface area contributed by atoms with Crippen molar-refractivity contribution in [3.8, 4) is 11.8 Å². The highest BCUT2D eigenvalue weighted by Gasteiger charge is 2.24. The zero-order valence-corrected chi connectivity index (χ0v) is 13.2. The second-order valence-electron chi connectivity index (χ2n) is 5.76. The molecule has 0 radical (unpaired) electrons. The number of anilines is 1. The molecule has 0 saturated carbocycles. The number of benzene rings is 1. The molecule has 1 fully saturated rings. The Kier molecular flexibility index (Phi) is 5.46. The average Bonchev–Trinajstić information content (AvgIpc) is 2.55. The molecule has 1 aromatic carbocycles. The fourth-order valence-electron chi connectivity index (χ4n) is 3.03. The fraction of sp³-hybridized carbons (Fsp3) is 0.588. The van der Waals surface area contributed by atoms with Gasteiger partial charge in [0.15, 0.2) is 0 Å². The predicted molar refractivity (Wildman–Crippen MR) is 85.6 cm³/mol. The number of nitrogens with one attached hydrogen (secondary N) is 1. The first-order valence-corrected chi connectivity index (χ1v) is 7.75. The summed E-state index contributed by atoms with van der Waals surface area (Å²) in [6.07, 6.45) is 2.54. The smallest absolute Gasteiger partial charge is 0.143 e. The van der Waals surface area contributed by atoms with E-state index in [0.29, 0.717) is 17.5 Å². The van der Waals surface area contributed by atoms with Gasteiger partial charge >= 0.3 is 0 Å². The highest BCUT2D eigenvalue weighted by atomic mass is 16.5. The molecule has 0 bridgehead atoms. The standard InChI is InChI=1S/C17H25N3O/c1-4-20-9-5-6-15(12-20)13(2)19-16-8-7-14(11-18)10-17(16)21-3/h7-8,10,13,15,19H,4-6,9,12H2,1-3H3. The van der Waals surface area contributed by atoms with Crippen LogP contribution in [0.3, 0.4) is 0 Å². The Labute approximate surface area is 127 Å². The van der Waals surface area contributed by atoms with Crippen molar-refractivity contribution in [1.29, 1.82) is 5.26 Å². The van der Waals surface area contributed by atoms with Crippen molar-refractivity contribution >= 4 is 5.69 Å². The largest absolute Gasteiger partial charge is 0.495 e. The molecule has 114 valence electrons. The van der Waals surface area contributed by atoms with Gasteiger partial charge in [0.25, 0.3) is 0 Å². The van der Waals surface area contributed by atoms with E-state index < -0.39 is 0 Å².